The molecule has 5 heteroatoms. The fourth-order valence-electron chi connectivity index (χ4n) is 2.25. The van der Waals surface area contributed by atoms with Crippen LogP contribution >= 0.6 is 0 Å². The molecule has 0 aromatic heterocycles. The van der Waals surface area contributed by atoms with E-state index in [1.54, 1.807) is 6.92 Å². The number of fused-ring (bicyclic) bond motifs is 1. The molecule has 5 nitrogen and oxygen atoms in total. The number of amides is 1. The van der Waals surface area contributed by atoms with E-state index in [0.29, 0.717) is 5.69 Å². The van der Waals surface area contributed by atoms with Crippen LogP contribution in [0.15, 0.2) is 12.1 Å². The van der Waals surface area contributed by atoms with E-state index in [1.807, 2.05) is 26.0 Å². The maximum atomic E-state index is 12.2. The van der Waals surface area contributed by atoms with Gasteiger partial charge in [-0.3, -0.25) is 9.69 Å². The summed E-state index contributed by atoms with van der Waals surface area (Å²) in [6.07, 6.45) is 0. The van der Waals surface area contributed by atoms with Gasteiger partial charge in [0.25, 0.3) is 0 Å². The highest BCUT2D eigenvalue weighted by atomic mass is 16.4. The molecule has 0 saturated carbocycles. The van der Waals surface area contributed by atoms with Crippen molar-refractivity contribution in [2.75, 3.05) is 10.2 Å². The van der Waals surface area contributed by atoms with Gasteiger partial charge in [0.05, 0.1) is 11.4 Å². The van der Waals surface area contributed by atoms with E-state index in [1.165, 1.54) is 11.8 Å². The number of anilines is 2. The van der Waals surface area contributed by atoms with Crippen molar-refractivity contribution in [3.05, 3.63) is 23.3 Å². The number of carbonyl (C=O) groups excluding carboxylic acids is 1. The molecule has 102 valence electrons. The predicted molar refractivity (Wildman–Crippen MR) is 73.6 cm³/mol. The van der Waals surface area contributed by atoms with Gasteiger partial charge in [0.1, 0.15) is 12.1 Å². The van der Waals surface area contributed by atoms with Gasteiger partial charge in [-0.15, -0.1) is 0 Å². The van der Waals surface area contributed by atoms with E-state index in [2.05, 4.69) is 5.32 Å². The quantitative estimate of drug-likeness (QED) is 0.854. The van der Waals surface area contributed by atoms with Gasteiger partial charge in [-0.2, -0.15) is 0 Å². The zero-order valence-corrected chi connectivity index (χ0v) is 11.5. The Morgan fingerprint density at radius 2 is 1.95 bits per heavy atom. The molecule has 1 aliphatic rings. The van der Waals surface area contributed by atoms with Crippen molar-refractivity contribution >= 4 is 23.3 Å². The first-order valence-electron chi connectivity index (χ1n) is 6.26. The van der Waals surface area contributed by atoms with E-state index in [-0.39, 0.29) is 5.91 Å². The van der Waals surface area contributed by atoms with Crippen molar-refractivity contribution < 1.29 is 14.7 Å². The topological polar surface area (TPSA) is 69.6 Å². The fraction of sp³-hybridized carbons (Fsp3) is 0.429. The third-order valence-corrected chi connectivity index (χ3v) is 3.60. The Bertz CT molecular complexity index is 554. The minimum atomic E-state index is -1.01. The molecule has 1 amide bonds. The molecular formula is C14H18N2O3. The van der Waals surface area contributed by atoms with Crippen molar-refractivity contribution in [2.24, 2.45) is 0 Å². The zero-order chi connectivity index (χ0) is 14.3. The summed E-state index contributed by atoms with van der Waals surface area (Å²) in [5, 5.41) is 12.3. The Morgan fingerprint density at radius 3 is 2.53 bits per heavy atom. The number of hydrogen-bond donors (Lipinski definition) is 2. The van der Waals surface area contributed by atoms with Crippen LogP contribution in [-0.4, -0.2) is 29.1 Å². The molecule has 2 rings (SSSR count). The number of aryl methyl sites for hydroxylation is 2. The smallest absolute Gasteiger partial charge is 0.326 e. The van der Waals surface area contributed by atoms with Crippen LogP contribution in [-0.2, 0) is 9.59 Å². The van der Waals surface area contributed by atoms with E-state index >= 15 is 0 Å². The molecule has 0 radical (unpaired) electrons. The van der Waals surface area contributed by atoms with Crippen molar-refractivity contribution in [2.45, 2.75) is 39.8 Å². The third kappa shape index (κ3) is 2.16. The molecule has 2 atom stereocenters. The lowest BCUT2D eigenvalue weighted by atomic mass is 10.0. The summed E-state index contributed by atoms with van der Waals surface area (Å²) in [6, 6.07) is 2.52. The number of nitrogens with zero attached hydrogens (tertiary/aromatic N) is 1. The minimum Gasteiger partial charge on any atom is -0.480 e. The average molecular weight is 262 g/mol. The number of benzene rings is 1. The highest BCUT2D eigenvalue weighted by Gasteiger charge is 2.35. The molecule has 0 saturated heterocycles. The van der Waals surface area contributed by atoms with Crippen LogP contribution in [0.25, 0.3) is 0 Å². The Morgan fingerprint density at radius 1 is 1.37 bits per heavy atom. The summed E-state index contributed by atoms with van der Waals surface area (Å²) in [5.41, 5.74) is 3.59. The van der Waals surface area contributed by atoms with Gasteiger partial charge < -0.3 is 10.4 Å². The third-order valence-electron chi connectivity index (χ3n) is 3.60. The summed E-state index contributed by atoms with van der Waals surface area (Å²) in [7, 11) is 0. The second kappa shape index (κ2) is 4.57. The van der Waals surface area contributed by atoms with Crippen LogP contribution < -0.4 is 10.2 Å². The number of rotatable bonds is 2. The van der Waals surface area contributed by atoms with E-state index in [0.717, 1.165) is 16.8 Å². The molecular weight excluding hydrogens is 244 g/mol. The van der Waals surface area contributed by atoms with Gasteiger partial charge in [0.2, 0.25) is 5.91 Å². The Kier molecular flexibility index (Phi) is 3.22. The predicted octanol–water partition coefficient (Wildman–Crippen LogP) is 1.92. The Hall–Kier alpha value is -2.04. The van der Waals surface area contributed by atoms with Crippen LogP contribution in [0, 0.1) is 13.8 Å². The highest BCUT2D eigenvalue weighted by molar-refractivity contribution is 6.08. The normalized spacial score (nSPS) is 19.7. The molecule has 2 unspecified atom stereocenters. The maximum absolute atomic E-state index is 12.2. The fourth-order valence-corrected chi connectivity index (χ4v) is 2.25. The molecule has 1 aromatic rings. The van der Waals surface area contributed by atoms with Crippen LogP contribution in [0.4, 0.5) is 11.4 Å². The summed E-state index contributed by atoms with van der Waals surface area (Å²) in [5.74, 6) is -1.22. The maximum Gasteiger partial charge on any atom is 0.326 e. The van der Waals surface area contributed by atoms with Crippen LogP contribution in [0.2, 0.25) is 0 Å². The van der Waals surface area contributed by atoms with Gasteiger partial charge >= 0.3 is 5.97 Å². The van der Waals surface area contributed by atoms with Crippen molar-refractivity contribution in [3.8, 4) is 0 Å². The first-order valence-corrected chi connectivity index (χ1v) is 6.26. The SMILES string of the molecule is Cc1cc2c(cc1C)N(C(C)C(=O)O)C(=O)C(C)N2. The molecule has 1 aromatic carbocycles. The number of carboxylic acids is 1. The van der Waals surface area contributed by atoms with Crippen molar-refractivity contribution in [1.82, 2.24) is 0 Å². The first kappa shape index (κ1) is 13.4. The van der Waals surface area contributed by atoms with Crippen LogP contribution in [0.5, 0.6) is 0 Å². The molecule has 0 bridgehead atoms. The molecule has 19 heavy (non-hydrogen) atoms. The number of aliphatic carboxylic acids is 1. The molecule has 1 aliphatic heterocycles. The van der Waals surface area contributed by atoms with E-state index in [9.17, 15) is 14.7 Å². The van der Waals surface area contributed by atoms with Gasteiger partial charge in [-0.05, 0) is 51.0 Å². The van der Waals surface area contributed by atoms with Crippen molar-refractivity contribution in [3.63, 3.8) is 0 Å². The van der Waals surface area contributed by atoms with Gasteiger partial charge in [0.15, 0.2) is 0 Å². The standard InChI is InChI=1S/C14H18N2O3/c1-7-5-11-12(6-8(7)2)16(10(4)14(18)19)13(17)9(3)15-11/h5-6,9-10,15H,1-4H3,(H,18,19). The Balaban J connectivity index is 2.58. The number of hydrogen-bond acceptors (Lipinski definition) is 3. The lowest BCUT2D eigenvalue weighted by Gasteiger charge is -2.36. The molecule has 2 N–H and O–H groups in total. The number of carboxylic acid groups (broad SMARTS) is 1. The second-order valence-corrected chi connectivity index (χ2v) is 5.04. The van der Waals surface area contributed by atoms with Crippen LogP contribution in [0.3, 0.4) is 0 Å². The highest BCUT2D eigenvalue weighted by Crippen LogP contribution is 2.35. The summed E-state index contributed by atoms with van der Waals surface area (Å²) in [4.78, 5) is 24.8. The van der Waals surface area contributed by atoms with E-state index < -0.39 is 18.1 Å². The molecule has 0 spiro atoms. The molecule has 0 fully saturated rings. The van der Waals surface area contributed by atoms with Crippen LogP contribution in [0.1, 0.15) is 25.0 Å². The average Bonchev–Trinajstić information content (AvgIpc) is 2.33. The summed E-state index contributed by atoms with van der Waals surface area (Å²) in [6.45, 7) is 7.20. The first-order chi connectivity index (χ1) is 8.82. The Labute approximate surface area is 112 Å². The largest absolute Gasteiger partial charge is 0.480 e. The molecule has 0 aliphatic carbocycles. The second-order valence-electron chi connectivity index (χ2n) is 5.04. The summed E-state index contributed by atoms with van der Waals surface area (Å²) >= 11 is 0. The molecule has 1 heterocycles. The minimum absolute atomic E-state index is 0.217. The monoisotopic (exact) mass is 262 g/mol. The van der Waals surface area contributed by atoms with Gasteiger partial charge in [-0.1, -0.05) is 0 Å². The zero-order valence-electron chi connectivity index (χ0n) is 11.5. The lowest BCUT2D eigenvalue weighted by Crippen LogP contribution is -2.52. The van der Waals surface area contributed by atoms with Gasteiger partial charge in [0, 0.05) is 0 Å². The lowest BCUT2D eigenvalue weighted by molar-refractivity contribution is -0.139. The summed E-state index contributed by atoms with van der Waals surface area (Å²) < 4.78 is 0. The number of carbonyl (C=O) groups is 2. The van der Waals surface area contributed by atoms with Crippen molar-refractivity contribution in [1.29, 1.82) is 0 Å². The van der Waals surface area contributed by atoms with Gasteiger partial charge in [-0.25, -0.2) is 4.79 Å². The van der Waals surface area contributed by atoms with E-state index in [4.69, 9.17) is 0 Å². The number of nitrogens with one attached hydrogen (secondary N) is 1.